The van der Waals surface area contributed by atoms with Gasteiger partial charge in [0.25, 0.3) is 5.91 Å². The predicted molar refractivity (Wildman–Crippen MR) is 86.7 cm³/mol. The molecule has 1 amide bonds. The lowest BCUT2D eigenvalue weighted by Crippen LogP contribution is -2.41. The average molecular weight is 306 g/mol. The number of nitrogens with one attached hydrogen (secondary N) is 1. The molecule has 1 aliphatic heterocycles. The second-order valence-corrected chi connectivity index (χ2v) is 5.82. The monoisotopic (exact) mass is 306 g/mol. The molecule has 22 heavy (non-hydrogen) atoms. The van der Waals surface area contributed by atoms with E-state index in [9.17, 15) is 4.79 Å². The molecule has 1 aliphatic rings. The molecule has 5 heteroatoms. The summed E-state index contributed by atoms with van der Waals surface area (Å²) in [7, 11) is 1.60. The Balaban J connectivity index is 1.91. The molecule has 2 rings (SSSR count). The molecule has 1 N–H and O–H groups in total. The van der Waals surface area contributed by atoms with Gasteiger partial charge in [-0.05, 0) is 23.6 Å². The lowest BCUT2D eigenvalue weighted by Gasteiger charge is -2.26. The van der Waals surface area contributed by atoms with Crippen LogP contribution in [-0.4, -0.2) is 57.3 Å². The number of nitrogens with zero attached hydrogens (tertiary/aromatic N) is 1. The Bertz CT molecular complexity index is 497. The van der Waals surface area contributed by atoms with E-state index in [-0.39, 0.29) is 5.91 Å². The molecule has 5 nitrogen and oxygen atoms in total. The second kappa shape index (κ2) is 8.15. The Morgan fingerprint density at radius 3 is 2.73 bits per heavy atom. The van der Waals surface area contributed by atoms with Gasteiger partial charge in [-0.1, -0.05) is 19.9 Å². The van der Waals surface area contributed by atoms with E-state index in [2.05, 4.69) is 24.1 Å². The van der Waals surface area contributed by atoms with Gasteiger partial charge in [0.1, 0.15) is 5.75 Å². The zero-order chi connectivity index (χ0) is 15.9. The third-order valence-corrected chi connectivity index (χ3v) is 3.95. The van der Waals surface area contributed by atoms with Crippen LogP contribution < -0.4 is 10.1 Å². The minimum absolute atomic E-state index is 0.0829. The van der Waals surface area contributed by atoms with Crippen molar-refractivity contribution in [3.8, 4) is 5.75 Å². The molecule has 1 fully saturated rings. The van der Waals surface area contributed by atoms with Crippen LogP contribution in [0.1, 0.15) is 35.7 Å². The maximum absolute atomic E-state index is 12.3. The quantitative estimate of drug-likeness (QED) is 0.872. The summed E-state index contributed by atoms with van der Waals surface area (Å²) in [6, 6.07) is 5.78. The molecule has 0 aliphatic carbocycles. The van der Waals surface area contributed by atoms with Crippen LogP contribution in [0.3, 0.4) is 0 Å². The van der Waals surface area contributed by atoms with Gasteiger partial charge in [0.15, 0.2) is 0 Å². The van der Waals surface area contributed by atoms with E-state index in [1.807, 2.05) is 18.2 Å². The molecular weight excluding hydrogens is 280 g/mol. The molecule has 0 aromatic heterocycles. The van der Waals surface area contributed by atoms with E-state index in [1.54, 1.807) is 7.11 Å². The molecule has 0 bridgehead atoms. The minimum atomic E-state index is -0.0829. The fraction of sp³-hybridized carbons (Fsp3) is 0.588. The first-order valence-corrected chi connectivity index (χ1v) is 7.88. The first-order chi connectivity index (χ1) is 10.6. The van der Waals surface area contributed by atoms with Crippen molar-refractivity contribution in [2.45, 2.75) is 19.8 Å². The van der Waals surface area contributed by atoms with Gasteiger partial charge >= 0.3 is 0 Å². The molecule has 0 spiro atoms. The number of ether oxygens (including phenoxy) is 2. The summed E-state index contributed by atoms with van der Waals surface area (Å²) in [5.41, 5.74) is 1.76. The molecule has 1 saturated heterocycles. The summed E-state index contributed by atoms with van der Waals surface area (Å²) in [5.74, 6) is 0.961. The highest BCUT2D eigenvalue weighted by Crippen LogP contribution is 2.24. The van der Waals surface area contributed by atoms with Crippen LogP contribution in [0.4, 0.5) is 0 Å². The van der Waals surface area contributed by atoms with Crippen molar-refractivity contribution >= 4 is 5.91 Å². The standard InChI is InChI=1S/C17H26N2O3/c1-13(2)14-4-5-15(16(12-14)21-3)17(20)18-6-7-19-8-10-22-11-9-19/h4-5,12-13H,6-11H2,1-3H3,(H,18,20). The number of hydrogen-bond donors (Lipinski definition) is 1. The van der Waals surface area contributed by atoms with Gasteiger partial charge < -0.3 is 14.8 Å². The van der Waals surface area contributed by atoms with Crippen LogP contribution >= 0.6 is 0 Å². The van der Waals surface area contributed by atoms with E-state index in [0.29, 0.717) is 23.8 Å². The summed E-state index contributed by atoms with van der Waals surface area (Å²) in [6.45, 7) is 9.14. The van der Waals surface area contributed by atoms with Crippen LogP contribution in [0.5, 0.6) is 5.75 Å². The first-order valence-electron chi connectivity index (χ1n) is 7.88. The van der Waals surface area contributed by atoms with E-state index in [4.69, 9.17) is 9.47 Å². The van der Waals surface area contributed by atoms with Crippen LogP contribution in [0.15, 0.2) is 18.2 Å². The SMILES string of the molecule is COc1cc(C(C)C)ccc1C(=O)NCCN1CCOCC1. The van der Waals surface area contributed by atoms with Gasteiger partial charge in [-0.3, -0.25) is 9.69 Å². The summed E-state index contributed by atoms with van der Waals surface area (Å²) >= 11 is 0. The number of methoxy groups -OCH3 is 1. The predicted octanol–water partition coefficient (Wildman–Crippen LogP) is 1.88. The van der Waals surface area contributed by atoms with Crippen molar-refractivity contribution in [3.05, 3.63) is 29.3 Å². The van der Waals surface area contributed by atoms with Crippen molar-refractivity contribution < 1.29 is 14.3 Å². The van der Waals surface area contributed by atoms with E-state index < -0.39 is 0 Å². The van der Waals surface area contributed by atoms with E-state index >= 15 is 0 Å². The highest BCUT2D eigenvalue weighted by Gasteiger charge is 2.15. The number of benzene rings is 1. The van der Waals surface area contributed by atoms with Gasteiger partial charge in [0.05, 0.1) is 25.9 Å². The molecule has 1 heterocycles. The molecule has 0 radical (unpaired) electrons. The largest absolute Gasteiger partial charge is 0.496 e. The Hall–Kier alpha value is -1.59. The van der Waals surface area contributed by atoms with Gasteiger partial charge in [-0.15, -0.1) is 0 Å². The summed E-state index contributed by atoms with van der Waals surface area (Å²) in [5, 5.41) is 2.97. The zero-order valence-electron chi connectivity index (χ0n) is 13.7. The fourth-order valence-corrected chi connectivity index (χ4v) is 2.50. The number of carbonyl (C=O) groups excluding carboxylic acids is 1. The van der Waals surface area contributed by atoms with Crippen LogP contribution in [-0.2, 0) is 4.74 Å². The Morgan fingerprint density at radius 1 is 1.36 bits per heavy atom. The number of amides is 1. The van der Waals surface area contributed by atoms with Gasteiger partial charge in [0, 0.05) is 26.2 Å². The highest BCUT2D eigenvalue weighted by molar-refractivity contribution is 5.97. The van der Waals surface area contributed by atoms with E-state index in [0.717, 1.165) is 32.8 Å². The molecule has 0 saturated carbocycles. The van der Waals surface area contributed by atoms with Crippen LogP contribution in [0, 0.1) is 0 Å². The zero-order valence-corrected chi connectivity index (χ0v) is 13.7. The summed E-state index contributed by atoms with van der Waals surface area (Å²) in [6.07, 6.45) is 0. The Labute approximate surface area is 132 Å². The molecule has 1 aromatic carbocycles. The van der Waals surface area contributed by atoms with Crippen LogP contribution in [0.2, 0.25) is 0 Å². The Morgan fingerprint density at radius 2 is 2.09 bits per heavy atom. The van der Waals surface area contributed by atoms with Crippen molar-refractivity contribution in [2.75, 3.05) is 46.5 Å². The van der Waals surface area contributed by atoms with E-state index in [1.165, 1.54) is 5.56 Å². The molecular formula is C17H26N2O3. The Kier molecular flexibility index (Phi) is 6.21. The highest BCUT2D eigenvalue weighted by atomic mass is 16.5. The third-order valence-electron chi connectivity index (χ3n) is 3.95. The molecule has 0 unspecified atom stereocenters. The van der Waals surface area contributed by atoms with Crippen LogP contribution in [0.25, 0.3) is 0 Å². The topological polar surface area (TPSA) is 50.8 Å². The van der Waals surface area contributed by atoms with Gasteiger partial charge in [0.2, 0.25) is 0 Å². The lowest BCUT2D eigenvalue weighted by atomic mass is 10.0. The maximum Gasteiger partial charge on any atom is 0.255 e. The lowest BCUT2D eigenvalue weighted by molar-refractivity contribution is 0.0383. The summed E-state index contributed by atoms with van der Waals surface area (Å²) in [4.78, 5) is 14.6. The summed E-state index contributed by atoms with van der Waals surface area (Å²) < 4.78 is 10.7. The van der Waals surface area contributed by atoms with Gasteiger partial charge in [-0.2, -0.15) is 0 Å². The fourth-order valence-electron chi connectivity index (χ4n) is 2.50. The maximum atomic E-state index is 12.3. The van der Waals surface area contributed by atoms with Crippen molar-refractivity contribution in [3.63, 3.8) is 0 Å². The molecule has 122 valence electrons. The normalized spacial score (nSPS) is 15.8. The van der Waals surface area contributed by atoms with Crippen molar-refractivity contribution in [2.24, 2.45) is 0 Å². The number of hydrogen-bond acceptors (Lipinski definition) is 4. The number of rotatable bonds is 6. The first kappa shape index (κ1) is 16.8. The van der Waals surface area contributed by atoms with Crippen molar-refractivity contribution in [1.29, 1.82) is 0 Å². The average Bonchev–Trinajstić information content (AvgIpc) is 2.55. The molecule has 0 atom stereocenters. The number of morpholine rings is 1. The third kappa shape index (κ3) is 4.45. The minimum Gasteiger partial charge on any atom is -0.496 e. The van der Waals surface area contributed by atoms with Gasteiger partial charge in [-0.25, -0.2) is 0 Å². The smallest absolute Gasteiger partial charge is 0.255 e. The number of carbonyl (C=O) groups is 1. The molecule has 1 aromatic rings. The second-order valence-electron chi connectivity index (χ2n) is 5.82. The van der Waals surface area contributed by atoms with Crippen molar-refractivity contribution in [1.82, 2.24) is 10.2 Å².